The van der Waals surface area contributed by atoms with Gasteiger partial charge in [-0.2, -0.15) is 0 Å². The summed E-state index contributed by atoms with van der Waals surface area (Å²) in [4.78, 5) is 13.5. The first-order valence-electron chi connectivity index (χ1n) is 7.92. The number of carbonyl (C=O) groups is 1. The van der Waals surface area contributed by atoms with Gasteiger partial charge in [-0.1, -0.05) is 43.3 Å². The average Bonchev–Trinajstić information content (AvgIpc) is 3.10. The lowest BCUT2D eigenvalue weighted by Gasteiger charge is -2.08. The van der Waals surface area contributed by atoms with Crippen molar-refractivity contribution in [3.8, 4) is 0 Å². The molecule has 0 bridgehead atoms. The highest BCUT2D eigenvalue weighted by Gasteiger charge is 2.13. The summed E-state index contributed by atoms with van der Waals surface area (Å²) in [7, 11) is 0. The van der Waals surface area contributed by atoms with Crippen LogP contribution in [0.3, 0.4) is 0 Å². The third kappa shape index (κ3) is 4.09. The number of furan rings is 1. The Kier molecular flexibility index (Phi) is 5.39. The van der Waals surface area contributed by atoms with Crippen molar-refractivity contribution in [3.05, 3.63) is 83.8 Å². The Balaban J connectivity index is 1.63. The maximum atomic E-state index is 12.4. The van der Waals surface area contributed by atoms with Gasteiger partial charge in [-0.05, 0) is 42.3 Å². The molecule has 122 valence electrons. The van der Waals surface area contributed by atoms with Gasteiger partial charge in [0.05, 0.1) is 5.75 Å². The Morgan fingerprint density at radius 1 is 1.00 bits per heavy atom. The molecule has 0 fully saturated rings. The van der Waals surface area contributed by atoms with Crippen LogP contribution in [0.25, 0.3) is 0 Å². The molecule has 2 aromatic carbocycles. The molecule has 0 spiro atoms. The number of carbonyl (C=O) groups excluding carboxylic acids is 1. The van der Waals surface area contributed by atoms with Crippen molar-refractivity contribution in [2.45, 2.75) is 24.0 Å². The summed E-state index contributed by atoms with van der Waals surface area (Å²) in [6.45, 7) is 2.07. The van der Waals surface area contributed by atoms with Crippen LogP contribution < -0.4 is 5.32 Å². The number of hydrogen-bond donors (Lipinski definition) is 1. The van der Waals surface area contributed by atoms with E-state index in [0.29, 0.717) is 11.5 Å². The zero-order chi connectivity index (χ0) is 16.8. The molecule has 3 aromatic rings. The molecule has 3 rings (SSSR count). The van der Waals surface area contributed by atoms with E-state index in [1.54, 1.807) is 17.8 Å². The summed E-state index contributed by atoms with van der Waals surface area (Å²) < 4.78 is 5.68. The van der Waals surface area contributed by atoms with Crippen molar-refractivity contribution in [1.82, 2.24) is 0 Å². The van der Waals surface area contributed by atoms with Crippen molar-refractivity contribution in [2.75, 3.05) is 5.32 Å². The van der Waals surface area contributed by atoms with Gasteiger partial charge in [-0.3, -0.25) is 4.79 Å². The van der Waals surface area contributed by atoms with Crippen LogP contribution in [0.5, 0.6) is 0 Å². The molecule has 1 amide bonds. The van der Waals surface area contributed by atoms with Crippen LogP contribution in [0.1, 0.15) is 28.8 Å². The van der Waals surface area contributed by atoms with E-state index >= 15 is 0 Å². The zero-order valence-corrected chi connectivity index (χ0v) is 14.3. The molecule has 1 aromatic heterocycles. The predicted molar refractivity (Wildman–Crippen MR) is 98.5 cm³/mol. The van der Waals surface area contributed by atoms with Gasteiger partial charge in [0.1, 0.15) is 5.76 Å². The predicted octanol–water partition coefficient (Wildman–Crippen LogP) is 5.39. The molecule has 0 saturated heterocycles. The Morgan fingerprint density at radius 3 is 2.54 bits per heavy atom. The van der Waals surface area contributed by atoms with Crippen LogP contribution in [-0.4, -0.2) is 5.91 Å². The fraction of sp³-hybridized carbons (Fsp3) is 0.150. The fourth-order valence-corrected chi connectivity index (χ4v) is 3.20. The molecule has 0 atom stereocenters. The third-order valence-electron chi connectivity index (χ3n) is 3.66. The van der Waals surface area contributed by atoms with Gasteiger partial charge in [-0.15, -0.1) is 11.8 Å². The Hall–Kier alpha value is -2.46. The minimum Gasteiger partial charge on any atom is -0.455 e. The topological polar surface area (TPSA) is 42.2 Å². The van der Waals surface area contributed by atoms with Crippen LogP contribution in [-0.2, 0) is 12.2 Å². The molecular weight excluding hydrogens is 318 g/mol. The first-order chi connectivity index (χ1) is 11.8. The SMILES string of the molecule is CCc1ccccc1NC(=O)c1ccc(CSc2ccccc2)o1. The van der Waals surface area contributed by atoms with Gasteiger partial charge in [0.15, 0.2) is 5.76 Å². The lowest BCUT2D eigenvalue weighted by Crippen LogP contribution is -2.12. The lowest BCUT2D eigenvalue weighted by molar-refractivity contribution is 0.0995. The number of benzene rings is 2. The molecule has 24 heavy (non-hydrogen) atoms. The van der Waals surface area contributed by atoms with E-state index < -0.39 is 0 Å². The van der Waals surface area contributed by atoms with Crippen LogP contribution in [0.2, 0.25) is 0 Å². The molecule has 0 aliphatic rings. The monoisotopic (exact) mass is 337 g/mol. The van der Waals surface area contributed by atoms with Crippen molar-refractivity contribution >= 4 is 23.4 Å². The van der Waals surface area contributed by atoms with Crippen molar-refractivity contribution in [1.29, 1.82) is 0 Å². The number of nitrogens with one attached hydrogen (secondary N) is 1. The van der Waals surface area contributed by atoms with E-state index in [1.807, 2.05) is 48.5 Å². The van der Waals surface area contributed by atoms with Crippen LogP contribution in [0.4, 0.5) is 5.69 Å². The normalized spacial score (nSPS) is 10.5. The molecule has 0 unspecified atom stereocenters. The lowest BCUT2D eigenvalue weighted by atomic mass is 10.1. The standard InChI is InChI=1S/C20H19NO2S/c1-2-15-8-6-7-11-18(15)21-20(22)19-13-12-16(23-19)14-24-17-9-4-3-5-10-17/h3-13H,2,14H2,1H3,(H,21,22). The van der Waals surface area contributed by atoms with E-state index in [2.05, 4.69) is 24.4 Å². The summed E-state index contributed by atoms with van der Waals surface area (Å²) in [6, 6.07) is 21.5. The largest absolute Gasteiger partial charge is 0.455 e. The van der Waals surface area contributed by atoms with Crippen molar-refractivity contribution < 1.29 is 9.21 Å². The minimum atomic E-state index is -0.216. The molecular formula is C20H19NO2S. The Labute approximate surface area is 146 Å². The molecule has 3 nitrogen and oxygen atoms in total. The van der Waals surface area contributed by atoms with Gasteiger partial charge in [0, 0.05) is 10.6 Å². The average molecular weight is 337 g/mol. The van der Waals surface area contributed by atoms with E-state index in [9.17, 15) is 4.79 Å². The highest BCUT2D eigenvalue weighted by atomic mass is 32.2. The zero-order valence-electron chi connectivity index (χ0n) is 13.5. The van der Waals surface area contributed by atoms with Crippen molar-refractivity contribution in [3.63, 3.8) is 0 Å². The summed E-state index contributed by atoms with van der Waals surface area (Å²) in [6.07, 6.45) is 0.869. The van der Waals surface area contributed by atoms with Crippen LogP contribution in [0.15, 0.2) is 76.0 Å². The van der Waals surface area contributed by atoms with Crippen molar-refractivity contribution in [2.24, 2.45) is 0 Å². The van der Waals surface area contributed by atoms with Gasteiger partial charge < -0.3 is 9.73 Å². The van der Waals surface area contributed by atoms with E-state index in [4.69, 9.17) is 4.42 Å². The quantitative estimate of drug-likeness (QED) is 0.613. The molecule has 0 saturated carbocycles. The van der Waals surface area contributed by atoms with Gasteiger partial charge in [0.2, 0.25) is 0 Å². The van der Waals surface area contributed by atoms with E-state index in [-0.39, 0.29) is 5.91 Å². The van der Waals surface area contributed by atoms with Gasteiger partial charge in [0.25, 0.3) is 5.91 Å². The molecule has 4 heteroatoms. The maximum absolute atomic E-state index is 12.4. The van der Waals surface area contributed by atoms with Gasteiger partial charge in [-0.25, -0.2) is 0 Å². The molecule has 1 N–H and O–H groups in total. The number of anilines is 1. The number of thioether (sulfide) groups is 1. The van der Waals surface area contributed by atoms with E-state index in [0.717, 1.165) is 23.4 Å². The van der Waals surface area contributed by atoms with E-state index in [1.165, 1.54) is 4.90 Å². The van der Waals surface area contributed by atoms with Gasteiger partial charge >= 0.3 is 0 Å². The minimum absolute atomic E-state index is 0.216. The summed E-state index contributed by atoms with van der Waals surface area (Å²) in [5.74, 6) is 1.61. The summed E-state index contributed by atoms with van der Waals surface area (Å²) >= 11 is 1.68. The molecule has 0 aliphatic carbocycles. The summed E-state index contributed by atoms with van der Waals surface area (Å²) in [5, 5.41) is 2.93. The number of rotatable bonds is 6. The fourth-order valence-electron chi connectivity index (χ4n) is 2.38. The smallest absolute Gasteiger partial charge is 0.291 e. The number of hydrogen-bond acceptors (Lipinski definition) is 3. The first kappa shape index (κ1) is 16.4. The van der Waals surface area contributed by atoms with Crippen LogP contribution in [0, 0.1) is 0 Å². The molecule has 0 aliphatic heterocycles. The number of amides is 1. The maximum Gasteiger partial charge on any atom is 0.291 e. The highest BCUT2D eigenvalue weighted by Crippen LogP contribution is 2.24. The second-order valence-electron chi connectivity index (χ2n) is 5.33. The number of aryl methyl sites for hydroxylation is 1. The second kappa shape index (κ2) is 7.88. The Bertz CT molecular complexity index is 811. The Morgan fingerprint density at radius 2 is 1.75 bits per heavy atom. The molecule has 0 radical (unpaired) electrons. The number of para-hydroxylation sites is 1. The highest BCUT2D eigenvalue weighted by molar-refractivity contribution is 7.98. The summed E-state index contributed by atoms with van der Waals surface area (Å²) in [5.41, 5.74) is 1.94. The first-order valence-corrected chi connectivity index (χ1v) is 8.90. The van der Waals surface area contributed by atoms with Crippen LogP contribution >= 0.6 is 11.8 Å². The second-order valence-corrected chi connectivity index (χ2v) is 6.38. The molecule has 1 heterocycles. The third-order valence-corrected chi connectivity index (χ3v) is 4.69.